The SMILES string of the molecule is CCCC1CCC(C2CCC3C(CCCC3C(=O)Oc3ccc(C#N)cc3)C2)CC1. The number of ether oxygens (including phenoxy) is 1. The average Bonchev–Trinajstić information content (AvgIpc) is 2.79. The van der Waals surface area contributed by atoms with Gasteiger partial charge in [-0.15, -0.1) is 0 Å². The molecule has 0 aliphatic heterocycles. The van der Waals surface area contributed by atoms with E-state index in [4.69, 9.17) is 10.00 Å². The first-order chi connectivity index (χ1) is 14.7. The summed E-state index contributed by atoms with van der Waals surface area (Å²) < 4.78 is 5.73. The number of benzene rings is 1. The number of nitrogens with zero attached hydrogens (tertiary/aromatic N) is 1. The van der Waals surface area contributed by atoms with Gasteiger partial charge in [-0.25, -0.2) is 0 Å². The Morgan fingerprint density at radius 2 is 1.70 bits per heavy atom. The minimum absolute atomic E-state index is 0.0482. The first kappa shape index (κ1) is 21.4. The number of carbonyl (C=O) groups excluding carboxylic acids is 1. The monoisotopic (exact) mass is 407 g/mol. The summed E-state index contributed by atoms with van der Waals surface area (Å²) in [6.45, 7) is 2.32. The van der Waals surface area contributed by atoms with Crippen LogP contribution in [-0.4, -0.2) is 5.97 Å². The van der Waals surface area contributed by atoms with Crippen molar-refractivity contribution in [1.29, 1.82) is 5.26 Å². The molecule has 4 rings (SSSR count). The largest absolute Gasteiger partial charge is 0.426 e. The van der Waals surface area contributed by atoms with Crippen molar-refractivity contribution in [2.24, 2.45) is 35.5 Å². The van der Waals surface area contributed by atoms with Crippen LogP contribution in [0.15, 0.2) is 24.3 Å². The zero-order valence-electron chi connectivity index (χ0n) is 18.5. The molecule has 0 heterocycles. The number of esters is 1. The van der Waals surface area contributed by atoms with Crippen LogP contribution in [0.2, 0.25) is 0 Å². The van der Waals surface area contributed by atoms with Crippen molar-refractivity contribution in [2.45, 2.75) is 84.0 Å². The number of fused-ring (bicyclic) bond motifs is 1. The summed E-state index contributed by atoms with van der Waals surface area (Å²) in [6.07, 6.45) is 15.8. The quantitative estimate of drug-likeness (QED) is 0.394. The normalized spacial score (nSPS) is 33.9. The average molecular weight is 408 g/mol. The van der Waals surface area contributed by atoms with Crippen LogP contribution in [0, 0.1) is 46.8 Å². The Balaban J connectivity index is 1.32. The first-order valence-corrected chi connectivity index (χ1v) is 12.4. The molecule has 30 heavy (non-hydrogen) atoms. The van der Waals surface area contributed by atoms with Crippen molar-refractivity contribution < 1.29 is 9.53 Å². The van der Waals surface area contributed by atoms with Crippen LogP contribution in [-0.2, 0) is 4.79 Å². The van der Waals surface area contributed by atoms with Crippen LogP contribution >= 0.6 is 0 Å². The Labute approximate surface area is 182 Å². The molecular formula is C27H37NO2. The second-order valence-electron chi connectivity index (χ2n) is 10.2. The predicted octanol–water partition coefficient (Wildman–Crippen LogP) is 6.90. The van der Waals surface area contributed by atoms with Gasteiger partial charge in [-0.05, 0) is 92.4 Å². The third-order valence-electron chi connectivity index (χ3n) is 8.45. The second kappa shape index (κ2) is 9.99. The molecule has 1 aromatic carbocycles. The molecule has 3 fully saturated rings. The van der Waals surface area contributed by atoms with E-state index in [1.165, 1.54) is 64.2 Å². The zero-order valence-corrected chi connectivity index (χ0v) is 18.5. The van der Waals surface area contributed by atoms with Crippen LogP contribution in [0.3, 0.4) is 0 Å². The summed E-state index contributed by atoms with van der Waals surface area (Å²) in [7, 11) is 0. The molecule has 4 atom stereocenters. The highest BCUT2D eigenvalue weighted by Gasteiger charge is 2.43. The van der Waals surface area contributed by atoms with Gasteiger partial charge in [-0.2, -0.15) is 5.26 Å². The van der Waals surface area contributed by atoms with Gasteiger partial charge in [0.15, 0.2) is 0 Å². The summed E-state index contributed by atoms with van der Waals surface area (Å²) in [5, 5.41) is 8.94. The number of nitriles is 1. The standard InChI is InChI=1S/C27H37NO2/c1-2-4-19-7-11-21(12-8-19)22-13-16-25-23(17-22)5-3-6-26(25)27(29)30-24-14-9-20(18-28)10-15-24/h9-10,14-15,19,21-23,25-26H,2-8,11-13,16-17H2,1H3. The van der Waals surface area contributed by atoms with Gasteiger partial charge in [-0.3, -0.25) is 4.79 Å². The fourth-order valence-corrected chi connectivity index (χ4v) is 6.87. The predicted molar refractivity (Wildman–Crippen MR) is 119 cm³/mol. The number of rotatable bonds is 5. The molecule has 0 N–H and O–H groups in total. The molecule has 3 aliphatic carbocycles. The molecule has 0 bridgehead atoms. The van der Waals surface area contributed by atoms with E-state index in [9.17, 15) is 4.79 Å². The fraction of sp³-hybridized carbons (Fsp3) is 0.704. The van der Waals surface area contributed by atoms with Crippen molar-refractivity contribution in [3.8, 4) is 11.8 Å². The number of carbonyl (C=O) groups is 1. The van der Waals surface area contributed by atoms with E-state index in [-0.39, 0.29) is 11.9 Å². The summed E-state index contributed by atoms with van der Waals surface area (Å²) in [6, 6.07) is 9.01. The molecule has 0 radical (unpaired) electrons. The van der Waals surface area contributed by atoms with Gasteiger partial charge in [0.25, 0.3) is 0 Å². The fourth-order valence-electron chi connectivity index (χ4n) is 6.87. The third-order valence-corrected chi connectivity index (χ3v) is 8.45. The van der Waals surface area contributed by atoms with E-state index in [1.807, 2.05) is 0 Å². The number of hydrogen-bond donors (Lipinski definition) is 0. The van der Waals surface area contributed by atoms with E-state index in [0.717, 1.165) is 30.6 Å². The maximum Gasteiger partial charge on any atom is 0.314 e. The maximum atomic E-state index is 13.0. The van der Waals surface area contributed by atoms with Crippen molar-refractivity contribution in [1.82, 2.24) is 0 Å². The van der Waals surface area contributed by atoms with Gasteiger partial charge in [0.05, 0.1) is 17.6 Å². The van der Waals surface area contributed by atoms with E-state index in [2.05, 4.69) is 13.0 Å². The van der Waals surface area contributed by atoms with Crippen molar-refractivity contribution in [2.75, 3.05) is 0 Å². The highest BCUT2D eigenvalue weighted by atomic mass is 16.5. The molecule has 3 aliphatic rings. The Kier molecular flexibility index (Phi) is 7.13. The van der Waals surface area contributed by atoms with Gasteiger partial charge in [0, 0.05) is 0 Å². The number of hydrogen-bond acceptors (Lipinski definition) is 3. The minimum atomic E-state index is -0.0482. The van der Waals surface area contributed by atoms with E-state index in [1.54, 1.807) is 24.3 Å². The van der Waals surface area contributed by atoms with Crippen LogP contribution < -0.4 is 4.74 Å². The van der Waals surface area contributed by atoms with Crippen molar-refractivity contribution >= 4 is 5.97 Å². The van der Waals surface area contributed by atoms with Crippen LogP contribution in [0.4, 0.5) is 0 Å². The van der Waals surface area contributed by atoms with Crippen molar-refractivity contribution in [3.05, 3.63) is 29.8 Å². The van der Waals surface area contributed by atoms with Gasteiger partial charge in [0.1, 0.15) is 5.75 Å². The molecule has 3 saturated carbocycles. The van der Waals surface area contributed by atoms with Gasteiger partial charge < -0.3 is 4.74 Å². The molecule has 1 aromatic rings. The lowest BCUT2D eigenvalue weighted by molar-refractivity contribution is -0.144. The maximum absolute atomic E-state index is 13.0. The Hall–Kier alpha value is -1.82. The van der Waals surface area contributed by atoms with Crippen LogP contribution in [0.5, 0.6) is 5.75 Å². The highest BCUT2D eigenvalue weighted by Crippen LogP contribution is 2.50. The lowest BCUT2D eigenvalue weighted by Crippen LogP contribution is -2.40. The molecular weight excluding hydrogens is 370 g/mol. The molecule has 3 nitrogen and oxygen atoms in total. The van der Waals surface area contributed by atoms with Gasteiger partial charge in [-0.1, -0.05) is 45.4 Å². The lowest BCUT2D eigenvalue weighted by atomic mass is 9.59. The Bertz CT molecular complexity index is 741. The minimum Gasteiger partial charge on any atom is -0.426 e. The summed E-state index contributed by atoms with van der Waals surface area (Å²) in [5.41, 5.74) is 0.592. The first-order valence-electron chi connectivity index (χ1n) is 12.4. The summed E-state index contributed by atoms with van der Waals surface area (Å²) >= 11 is 0. The summed E-state index contributed by atoms with van der Waals surface area (Å²) in [4.78, 5) is 13.0. The molecule has 162 valence electrons. The van der Waals surface area contributed by atoms with Crippen LogP contribution in [0.25, 0.3) is 0 Å². The van der Waals surface area contributed by atoms with Crippen LogP contribution in [0.1, 0.15) is 89.5 Å². The highest BCUT2D eigenvalue weighted by molar-refractivity contribution is 5.75. The lowest BCUT2D eigenvalue weighted by Gasteiger charge is -2.46. The molecule has 0 amide bonds. The molecule has 4 unspecified atom stereocenters. The van der Waals surface area contributed by atoms with E-state index in [0.29, 0.717) is 23.1 Å². The van der Waals surface area contributed by atoms with Crippen molar-refractivity contribution in [3.63, 3.8) is 0 Å². The van der Waals surface area contributed by atoms with Gasteiger partial charge >= 0.3 is 5.97 Å². The second-order valence-corrected chi connectivity index (χ2v) is 10.2. The zero-order chi connectivity index (χ0) is 20.9. The molecule has 0 aromatic heterocycles. The Morgan fingerprint density at radius 1 is 0.967 bits per heavy atom. The smallest absolute Gasteiger partial charge is 0.314 e. The summed E-state index contributed by atoms with van der Waals surface area (Å²) in [5.74, 6) is 4.61. The third kappa shape index (κ3) is 4.90. The molecule has 0 spiro atoms. The molecule has 0 saturated heterocycles. The van der Waals surface area contributed by atoms with Gasteiger partial charge in [0.2, 0.25) is 0 Å². The van der Waals surface area contributed by atoms with E-state index >= 15 is 0 Å². The topological polar surface area (TPSA) is 50.1 Å². The van der Waals surface area contributed by atoms with E-state index < -0.39 is 0 Å². The Morgan fingerprint density at radius 3 is 2.40 bits per heavy atom. The molecule has 3 heteroatoms.